The summed E-state index contributed by atoms with van der Waals surface area (Å²) in [7, 11) is 0. The Hall–Kier alpha value is -1.29. The van der Waals surface area contributed by atoms with E-state index in [4.69, 9.17) is 0 Å². The van der Waals surface area contributed by atoms with Crippen molar-refractivity contribution < 1.29 is 0 Å². The molecule has 2 rings (SSSR count). The summed E-state index contributed by atoms with van der Waals surface area (Å²) in [6.45, 7) is 4.70. The Morgan fingerprint density at radius 3 is 2.73 bits per heavy atom. The van der Waals surface area contributed by atoms with Gasteiger partial charge in [0.15, 0.2) is 0 Å². The Kier molecular flexibility index (Phi) is 2.77. The van der Waals surface area contributed by atoms with E-state index in [1.165, 1.54) is 4.88 Å². The minimum atomic E-state index is 0.0680. The van der Waals surface area contributed by atoms with Crippen LogP contribution in [0.1, 0.15) is 24.8 Å². The van der Waals surface area contributed by atoms with Crippen molar-refractivity contribution in [2.45, 2.75) is 26.4 Å². The van der Waals surface area contributed by atoms with E-state index in [0.717, 1.165) is 0 Å². The molecule has 0 aliphatic carbocycles. The summed E-state index contributed by atoms with van der Waals surface area (Å²) in [4.78, 5) is 13.1. The quantitative estimate of drug-likeness (QED) is 0.783. The second kappa shape index (κ2) is 4.06. The van der Waals surface area contributed by atoms with Gasteiger partial charge in [0.25, 0.3) is 0 Å². The number of imidazole rings is 1. The third-order valence-corrected chi connectivity index (χ3v) is 3.20. The molecular weight excluding hydrogens is 208 g/mol. The Labute approximate surface area is 92.6 Å². The number of hydrogen-bond acceptors (Lipinski definition) is 2. The van der Waals surface area contributed by atoms with Crippen LogP contribution in [0.5, 0.6) is 0 Å². The fraction of sp³-hybridized carbons (Fsp3) is 0.364. The zero-order valence-electron chi connectivity index (χ0n) is 8.88. The first-order chi connectivity index (χ1) is 7.18. The second-order valence-electron chi connectivity index (χ2n) is 3.79. The molecule has 2 heterocycles. The number of aromatic nitrogens is 2. The minimum absolute atomic E-state index is 0.0680. The van der Waals surface area contributed by atoms with Crippen molar-refractivity contribution in [3.8, 4) is 0 Å². The van der Waals surface area contributed by atoms with Crippen LogP contribution in [0.15, 0.2) is 34.7 Å². The van der Waals surface area contributed by atoms with Crippen LogP contribution in [0.4, 0.5) is 0 Å². The molecule has 0 spiro atoms. The van der Waals surface area contributed by atoms with Crippen LogP contribution in [0.25, 0.3) is 0 Å². The molecule has 0 atom stereocenters. The van der Waals surface area contributed by atoms with Gasteiger partial charge in [0.2, 0.25) is 0 Å². The fourth-order valence-electron chi connectivity index (χ4n) is 1.51. The number of thiophene rings is 1. The summed E-state index contributed by atoms with van der Waals surface area (Å²) in [5.41, 5.74) is 0.0680. The van der Waals surface area contributed by atoms with Crippen molar-refractivity contribution in [1.29, 1.82) is 0 Å². The summed E-state index contributed by atoms with van der Waals surface area (Å²) in [5, 5.41) is 2.03. The van der Waals surface area contributed by atoms with Gasteiger partial charge in [-0.2, -0.15) is 0 Å². The molecule has 0 saturated heterocycles. The molecule has 3 nitrogen and oxygen atoms in total. The molecule has 0 N–H and O–H groups in total. The van der Waals surface area contributed by atoms with E-state index < -0.39 is 0 Å². The third kappa shape index (κ3) is 2.04. The van der Waals surface area contributed by atoms with Crippen LogP contribution in [0.2, 0.25) is 0 Å². The second-order valence-corrected chi connectivity index (χ2v) is 4.82. The van der Waals surface area contributed by atoms with Gasteiger partial charge in [0, 0.05) is 23.3 Å². The largest absolute Gasteiger partial charge is 0.328 e. The Morgan fingerprint density at radius 1 is 1.40 bits per heavy atom. The molecule has 0 aliphatic rings. The average Bonchev–Trinajstić information content (AvgIpc) is 2.78. The first-order valence-corrected chi connectivity index (χ1v) is 5.86. The molecule has 0 aromatic carbocycles. The van der Waals surface area contributed by atoms with Crippen LogP contribution in [-0.2, 0) is 6.54 Å². The van der Waals surface area contributed by atoms with E-state index in [2.05, 4.69) is 0 Å². The van der Waals surface area contributed by atoms with E-state index >= 15 is 0 Å². The van der Waals surface area contributed by atoms with E-state index in [1.807, 2.05) is 43.8 Å². The zero-order valence-corrected chi connectivity index (χ0v) is 9.70. The van der Waals surface area contributed by atoms with Crippen LogP contribution in [0, 0.1) is 0 Å². The first kappa shape index (κ1) is 10.2. The summed E-state index contributed by atoms with van der Waals surface area (Å²) in [5.74, 6) is 0. The van der Waals surface area contributed by atoms with Gasteiger partial charge in [-0.05, 0) is 25.3 Å². The standard InChI is InChI=1S/C11H14N2OS/c1-9(2)13-6-5-12(11(13)14)8-10-4-3-7-15-10/h3-7,9H,8H2,1-2H3. The summed E-state index contributed by atoms with van der Waals surface area (Å²) in [6.07, 6.45) is 3.70. The molecule has 0 unspecified atom stereocenters. The van der Waals surface area contributed by atoms with Crippen molar-refractivity contribution >= 4 is 11.3 Å². The normalized spacial score (nSPS) is 11.1. The van der Waals surface area contributed by atoms with Crippen molar-refractivity contribution in [3.63, 3.8) is 0 Å². The summed E-state index contributed by atoms with van der Waals surface area (Å²) >= 11 is 1.68. The lowest BCUT2D eigenvalue weighted by Crippen LogP contribution is -2.25. The van der Waals surface area contributed by atoms with E-state index in [-0.39, 0.29) is 11.7 Å². The van der Waals surface area contributed by atoms with Gasteiger partial charge < -0.3 is 0 Å². The van der Waals surface area contributed by atoms with Crippen molar-refractivity contribution in [2.75, 3.05) is 0 Å². The molecule has 0 fully saturated rings. The smallest absolute Gasteiger partial charge is 0.297 e. The maximum Gasteiger partial charge on any atom is 0.328 e. The van der Waals surface area contributed by atoms with Crippen molar-refractivity contribution in [3.05, 3.63) is 45.3 Å². The maximum atomic E-state index is 11.9. The molecule has 0 aliphatic heterocycles. The predicted octanol–water partition coefficient (Wildman–Crippen LogP) is 2.34. The third-order valence-electron chi connectivity index (χ3n) is 2.34. The van der Waals surface area contributed by atoms with E-state index in [1.54, 1.807) is 20.5 Å². The molecule has 0 bridgehead atoms. The Balaban J connectivity index is 2.27. The highest BCUT2D eigenvalue weighted by Crippen LogP contribution is 2.09. The topological polar surface area (TPSA) is 26.9 Å². The molecule has 0 saturated carbocycles. The highest BCUT2D eigenvalue weighted by Gasteiger charge is 2.06. The van der Waals surface area contributed by atoms with Crippen LogP contribution < -0.4 is 5.69 Å². The number of nitrogens with zero attached hydrogens (tertiary/aromatic N) is 2. The summed E-state index contributed by atoms with van der Waals surface area (Å²) < 4.78 is 3.49. The lowest BCUT2D eigenvalue weighted by atomic mass is 10.4. The lowest BCUT2D eigenvalue weighted by molar-refractivity contribution is 0.562. The highest BCUT2D eigenvalue weighted by molar-refractivity contribution is 7.09. The monoisotopic (exact) mass is 222 g/mol. The SMILES string of the molecule is CC(C)n1ccn(Cc2cccs2)c1=O. The van der Waals surface area contributed by atoms with Gasteiger partial charge in [-0.3, -0.25) is 9.13 Å². The highest BCUT2D eigenvalue weighted by atomic mass is 32.1. The minimum Gasteiger partial charge on any atom is -0.297 e. The number of rotatable bonds is 3. The van der Waals surface area contributed by atoms with Crippen LogP contribution in [-0.4, -0.2) is 9.13 Å². The lowest BCUT2D eigenvalue weighted by Gasteiger charge is -2.04. The van der Waals surface area contributed by atoms with Crippen LogP contribution in [0.3, 0.4) is 0 Å². The Bertz CT molecular complexity index is 479. The number of hydrogen-bond donors (Lipinski definition) is 0. The van der Waals surface area contributed by atoms with Gasteiger partial charge in [0.05, 0.1) is 6.54 Å². The van der Waals surface area contributed by atoms with Crippen molar-refractivity contribution in [1.82, 2.24) is 9.13 Å². The molecule has 0 radical (unpaired) electrons. The molecule has 15 heavy (non-hydrogen) atoms. The molecule has 4 heteroatoms. The molecule has 0 amide bonds. The zero-order chi connectivity index (χ0) is 10.8. The molecule has 2 aromatic heterocycles. The van der Waals surface area contributed by atoms with E-state index in [0.29, 0.717) is 6.54 Å². The Morgan fingerprint density at radius 2 is 2.20 bits per heavy atom. The molecule has 80 valence electrons. The molecule has 2 aromatic rings. The first-order valence-electron chi connectivity index (χ1n) is 4.98. The van der Waals surface area contributed by atoms with Crippen LogP contribution >= 0.6 is 11.3 Å². The average molecular weight is 222 g/mol. The van der Waals surface area contributed by atoms with Gasteiger partial charge in [-0.25, -0.2) is 4.79 Å². The fourth-order valence-corrected chi connectivity index (χ4v) is 2.21. The van der Waals surface area contributed by atoms with Crippen molar-refractivity contribution in [2.24, 2.45) is 0 Å². The summed E-state index contributed by atoms with van der Waals surface area (Å²) in [6, 6.07) is 4.27. The van der Waals surface area contributed by atoms with Gasteiger partial charge >= 0.3 is 5.69 Å². The molecular formula is C11H14N2OS. The van der Waals surface area contributed by atoms with Gasteiger partial charge in [-0.1, -0.05) is 6.07 Å². The van der Waals surface area contributed by atoms with E-state index in [9.17, 15) is 4.79 Å². The van der Waals surface area contributed by atoms with Gasteiger partial charge in [0.1, 0.15) is 0 Å². The maximum absolute atomic E-state index is 11.9. The predicted molar refractivity (Wildman–Crippen MR) is 62.5 cm³/mol. The van der Waals surface area contributed by atoms with Gasteiger partial charge in [-0.15, -0.1) is 11.3 Å².